The molecule has 0 aromatic rings. The molecular formula is C7H14BrF2NO2S. The van der Waals surface area contributed by atoms with E-state index in [0.29, 0.717) is 5.33 Å². The fourth-order valence-electron chi connectivity index (χ4n) is 0.869. The van der Waals surface area contributed by atoms with Crippen LogP contribution in [0, 0.1) is 0 Å². The predicted octanol–water partition coefficient (Wildman–Crippen LogP) is 1.69. The van der Waals surface area contributed by atoms with Crippen LogP contribution in [0.5, 0.6) is 0 Å². The molecule has 0 saturated carbocycles. The molecule has 0 aliphatic rings. The highest BCUT2D eigenvalue weighted by molar-refractivity contribution is 9.09. The van der Waals surface area contributed by atoms with Crippen molar-refractivity contribution in [2.24, 2.45) is 0 Å². The maximum Gasteiger partial charge on any atom is 0.252 e. The first-order valence-electron chi connectivity index (χ1n) is 4.15. The minimum Gasteiger partial charge on any atom is -0.212 e. The van der Waals surface area contributed by atoms with Crippen LogP contribution in [-0.4, -0.2) is 42.8 Å². The summed E-state index contributed by atoms with van der Waals surface area (Å²) in [6, 6.07) is 0. The Hall–Kier alpha value is 0.250. The van der Waals surface area contributed by atoms with E-state index in [4.69, 9.17) is 0 Å². The first kappa shape index (κ1) is 14.2. The lowest BCUT2D eigenvalue weighted by atomic mass is 10.6. The van der Waals surface area contributed by atoms with Gasteiger partial charge in [-0.25, -0.2) is 17.2 Å². The molecule has 0 fully saturated rings. The second kappa shape index (κ2) is 5.97. The van der Waals surface area contributed by atoms with Crippen LogP contribution in [0.2, 0.25) is 0 Å². The first-order chi connectivity index (χ1) is 6.32. The largest absolute Gasteiger partial charge is 0.252 e. The molecule has 0 N–H and O–H groups in total. The number of sulfonamides is 1. The SMILES string of the molecule is CC(C)S(=O)(=O)N(CCBr)CC(F)F. The summed E-state index contributed by atoms with van der Waals surface area (Å²) in [5.74, 6) is 0. The third kappa shape index (κ3) is 4.18. The Kier molecular flexibility index (Phi) is 6.08. The zero-order valence-corrected chi connectivity index (χ0v) is 10.5. The summed E-state index contributed by atoms with van der Waals surface area (Å²) in [5, 5.41) is -0.314. The quantitative estimate of drug-likeness (QED) is 0.699. The van der Waals surface area contributed by atoms with E-state index in [9.17, 15) is 17.2 Å². The zero-order chi connectivity index (χ0) is 11.4. The summed E-state index contributed by atoms with van der Waals surface area (Å²) in [4.78, 5) is 0. The fourth-order valence-corrected chi connectivity index (χ4v) is 2.79. The maximum atomic E-state index is 12.1. The van der Waals surface area contributed by atoms with Crippen LogP contribution < -0.4 is 0 Å². The van der Waals surface area contributed by atoms with Gasteiger partial charge in [-0.15, -0.1) is 0 Å². The highest BCUT2D eigenvalue weighted by Crippen LogP contribution is 2.11. The molecule has 0 aromatic carbocycles. The van der Waals surface area contributed by atoms with Gasteiger partial charge in [-0.1, -0.05) is 15.9 Å². The van der Waals surface area contributed by atoms with Crippen molar-refractivity contribution in [1.82, 2.24) is 4.31 Å². The summed E-state index contributed by atoms with van der Waals surface area (Å²) >= 11 is 3.03. The third-order valence-corrected chi connectivity index (χ3v) is 4.23. The topological polar surface area (TPSA) is 37.4 Å². The summed E-state index contributed by atoms with van der Waals surface area (Å²) in [6.07, 6.45) is -2.64. The zero-order valence-electron chi connectivity index (χ0n) is 8.08. The van der Waals surface area contributed by atoms with Crippen LogP contribution in [0.25, 0.3) is 0 Å². The second-order valence-corrected chi connectivity index (χ2v) is 6.31. The Morgan fingerprint density at radius 1 is 1.36 bits per heavy atom. The molecule has 0 amide bonds. The lowest BCUT2D eigenvalue weighted by Crippen LogP contribution is -2.40. The Bertz CT molecular complexity index is 256. The van der Waals surface area contributed by atoms with E-state index >= 15 is 0 Å². The van der Waals surface area contributed by atoms with Crippen LogP contribution in [0.3, 0.4) is 0 Å². The number of hydrogen-bond acceptors (Lipinski definition) is 2. The number of rotatable bonds is 6. The molecule has 0 rings (SSSR count). The Morgan fingerprint density at radius 2 is 1.86 bits per heavy atom. The van der Waals surface area contributed by atoms with Gasteiger partial charge in [0.2, 0.25) is 10.0 Å². The number of alkyl halides is 3. The molecule has 14 heavy (non-hydrogen) atoms. The number of hydrogen-bond donors (Lipinski definition) is 0. The molecule has 0 aromatic heterocycles. The monoisotopic (exact) mass is 293 g/mol. The molecule has 86 valence electrons. The molecule has 0 spiro atoms. The summed E-state index contributed by atoms with van der Waals surface area (Å²) in [5.41, 5.74) is 0. The highest BCUT2D eigenvalue weighted by atomic mass is 79.9. The fraction of sp³-hybridized carbons (Fsp3) is 1.00. The van der Waals surface area contributed by atoms with Gasteiger partial charge in [0.15, 0.2) is 0 Å². The molecule has 0 heterocycles. The van der Waals surface area contributed by atoms with Crippen LogP contribution in [0.1, 0.15) is 13.8 Å². The van der Waals surface area contributed by atoms with Crippen molar-refractivity contribution < 1.29 is 17.2 Å². The molecule has 0 radical (unpaired) electrons. The summed E-state index contributed by atoms with van der Waals surface area (Å²) < 4.78 is 48.0. The van der Waals surface area contributed by atoms with E-state index in [1.807, 2.05) is 0 Å². The van der Waals surface area contributed by atoms with Gasteiger partial charge in [-0.3, -0.25) is 0 Å². The maximum absolute atomic E-state index is 12.1. The summed E-state index contributed by atoms with van der Waals surface area (Å²) in [7, 11) is -3.57. The Morgan fingerprint density at radius 3 is 2.14 bits per heavy atom. The lowest BCUT2D eigenvalue weighted by Gasteiger charge is -2.22. The Labute approximate surface area is 91.6 Å². The molecule has 0 saturated heterocycles. The highest BCUT2D eigenvalue weighted by Gasteiger charge is 2.27. The Balaban J connectivity index is 4.64. The van der Waals surface area contributed by atoms with Crippen LogP contribution in [-0.2, 0) is 10.0 Å². The van der Waals surface area contributed by atoms with Gasteiger partial charge < -0.3 is 0 Å². The van der Waals surface area contributed by atoms with Crippen molar-refractivity contribution in [1.29, 1.82) is 0 Å². The van der Waals surface area contributed by atoms with Gasteiger partial charge in [-0.2, -0.15) is 4.31 Å². The first-order valence-corrected chi connectivity index (χ1v) is 6.78. The van der Waals surface area contributed by atoms with Crippen molar-refractivity contribution in [3.8, 4) is 0 Å². The standard InChI is InChI=1S/C7H14BrF2NO2S/c1-6(2)14(12,13)11(4-3-8)5-7(9)10/h6-7H,3-5H2,1-2H3. The van der Waals surface area contributed by atoms with Gasteiger partial charge in [0.1, 0.15) is 0 Å². The van der Waals surface area contributed by atoms with Crippen LogP contribution in [0.4, 0.5) is 8.78 Å². The van der Waals surface area contributed by atoms with Crippen molar-refractivity contribution >= 4 is 26.0 Å². The average Bonchev–Trinajstić information content (AvgIpc) is 2.02. The molecular weight excluding hydrogens is 280 g/mol. The molecule has 0 bridgehead atoms. The molecule has 0 unspecified atom stereocenters. The molecule has 7 heteroatoms. The van der Waals surface area contributed by atoms with E-state index in [1.54, 1.807) is 0 Å². The second-order valence-electron chi connectivity index (χ2n) is 3.03. The van der Waals surface area contributed by atoms with Crippen molar-refractivity contribution in [2.75, 3.05) is 18.4 Å². The van der Waals surface area contributed by atoms with Gasteiger partial charge in [-0.05, 0) is 13.8 Å². The number of nitrogens with zero attached hydrogens (tertiary/aromatic N) is 1. The van der Waals surface area contributed by atoms with E-state index in [2.05, 4.69) is 15.9 Å². The number of halogens is 3. The minimum atomic E-state index is -3.57. The van der Waals surface area contributed by atoms with Crippen LogP contribution >= 0.6 is 15.9 Å². The van der Waals surface area contributed by atoms with Gasteiger partial charge in [0, 0.05) is 11.9 Å². The van der Waals surface area contributed by atoms with Gasteiger partial charge in [0.25, 0.3) is 6.43 Å². The smallest absolute Gasteiger partial charge is 0.212 e. The average molecular weight is 294 g/mol. The van der Waals surface area contributed by atoms with E-state index in [-0.39, 0.29) is 6.54 Å². The predicted molar refractivity (Wildman–Crippen MR) is 55.4 cm³/mol. The van der Waals surface area contributed by atoms with E-state index in [1.165, 1.54) is 13.8 Å². The van der Waals surface area contributed by atoms with Gasteiger partial charge in [0.05, 0.1) is 11.8 Å². The summed E-state index contributed by atoms with van der Waals surface area (Å²) in [6.45, 7) is 2.29. The lowest BCUT2D eigenvalue weighted by molar-refractivity contribution is 0.121. The van der Waals surface area contributed by atoms with E-state index in [0.717, 1.165) is 4.31 Å². The van der Waals surface area contributed by atoms with Crippen molar-refractivity contribution in [3.63, 3.8) is 0 Å². The third-order valence-electron chi connectivity index (χ3n) is 1.63. The minimum absolute atomic E-state index is 0.0743. The van der Waals surface area contributed by atoms with Crippen LogP contribution in [0.15, 0.2) is 0 Å². The molecule has 3 nitrogen and oxygen atoms in total. The van der Waals surface area contributed by atoms with Crippen molar-refractivity contribution in [3.05, 3.63) is 0 Å². The molecule has 0 atom stereocenters. The normalized spacial score (nSPS) is 13.1. The van der Waals surface area contributed by atoms with E-state index < -0.39 is 28.2 Å². The molecule has 0 aliphatic carbocycles. The van der Waals surface area contributed by atoms with Crippen molar-refractivity contribution in [2.45, 2.75) is 25.5 Å². The van der Waals surface area contributed by atoms with Gasteiger partial charge >= 0.3 is 0 Å². The molecule has 0 aliphatic heterocycles.